The highest BCUT2D eigenvalue weighted by molar-refractivity contribution is 7.89. The number of aryl methyl sites for hydroxylation is 2. The lowest BCUT2D eigenvalue weighted by Crippen LogP contribution is -2.65. The molecule has 0 saturated carbocycles. The molecule has 210 valence electrons. The van der Waals surface area contributed by atoms with E-state index < -0.39 is 21.5 Å². The fourth-order valence-electron chi connectivity index (χ4n) is 6.26. The summed E-state index contributed by atoms with van der Waals surface area (Å²) in [6.07, 6.45) is 6.37. The highest BCUT2D eigenvalue weighted by Gasteiger charge is 2.49. The van der Waals surface area contributed by atoms with E-state index in [9.17, 15) is 18.0 Å². The van der Waals surface area contributed by atoms with Gasteiger partial charge in [-0.2, -0.15) is 4.31 Å². The van der Waals surface area contributed by atoms with Crippen molar-refractivity contribution in [2.75, 3.05) is 26.2 Å². The van der Waals surface area contributed by atoms with E-state index in [-0.39, 0.29) is 36.4 Å². The van der Waals surface area contributed by atoms with Crippen LogP contribution in [0.1, 0.15) is 73.7 Å². The molecule has 1 unspecified atom stereocenters. The van der Waals surface area contributed by atoms with Gasteiger partial charge < -0.3 is 10.6 Å². The van der Waals surface area contributed by atoms with E-state index in [4.69, 9.17) is 0 Å². The molecule has 9 heteroatoms. The van der Waals surface area contributed by atoms with Crippen molar-refractivity contribution in [3.63, 3.8) is 0 Å². The average Bonchev–Trinajstić information content (AvgIpc) is 2.91. The van der Waals surface area contributed by atoms with Gasteiger partial charge in [0.25, 0.3) is 0 Å². The topological polar surface area (TPSA) is 98.8 Å². The SMILES string of the molecule is Cc1ccc(S(=O)(=O)N2CCNC(=O)C2(C)CC(=O)N[C@@H]2CCCc3cc(CN4CCCCC4)ccc32)cc1. The van der Waals surface area contributed by atoms with Gasteiger partial charge in [0, 0.05) is 19.6 Å². The maximum Gasteiger partial charge on any atom is 0.244 e. The Balaban J connectivity index is 1.31. The van der Waals surface area contributed by atoms with Crippen LogP contribution in [0.15, 0.2) is 47.4 Å². The van der Waals surface area contributed by atoms with Gasteiger partial charge in [-0.1, -0.05) is 42.3 Å². The molecule has 0 spiro atoms. The lowest BCUT2D eigenvalue weighted by atomic mass is 9.86. The summed E-state index contributed by atoms with van der Waals surface area (Å²) in [5.74, 6) is -0.778. The molecule has 5 rings (SSSR count). The van der Waals surface area contributed by atoms with Crippen LogP contribution in [0.2, 0.25) is 0 Å². The molecule has 2 saturated heterocycles. The van der Waals surface area contributed by atoms with Crippen LogP contribution in [0.4, 0.5) is 0 Å². The number of hydrogen-bond acceptors (Lipinski definition) is 5. The Hall–Kier alpha value is -2.75. The van der Waals surface area contributed by atoms with Crippen LogP contribution in [0, 0.1) is 6.92 Å². The average molecular weight is 553 g/mol. The molecule has 3 aliphatic rings. The number of piperazine rings is 1. The fourth-order valence-corrected chi connectivity index (χ4v) is 8.01. The molecular formula is C30H40N4O4S. The van der Waals surface area contributed by atoms with Gasteiger partial charge in [-0.15, -0.1) is 0 Å². The summed E-state index contributed by atoms with van der Waals surface area (Å²) >= 11 is 0. The summed E-state index contributed by atoms with van der Waals surface area (Å²) in [7, 11) is -3.98. The Morgan fingerprint density at radius 3 is 2.54 bits per heavy atom. The largest absolute Gasteiger partial charge is 0.353 e. The number of likely N-dealkylation sites (tertiary alicyclic amines) is 1. The van der Waals surface area contributed by atoms with Crippen LogP contribution in [0.5, 0.6) is 0 Å². The predicted molar refractivity (Wildman–Crippen MR) is 150 cm³/mol. The number of fused-ring (bicyclic) bond motifs is 1. The van der Waals surface area contributed by atoms with E-state index >= 15 is 0 Å². The fraction of sp³-hybridized carbons (Fsp3) is 0.533. The second-order valence-corrected chi connectivity index (χ2v) is 13.3. The van der Waals surface area contributed by atoms with Crippen molar-refractivity contribution in [2.24, 2.45) is 0 Å². The van der Waals surface area contributed by atoms with Crippen molar-refractivity contribution in [3.05, 3.63) is 64.7 Å². The van der Waals surface area contributed by atoms with Crippen LogP contribution in [-0.4, -0.2) is 61.2 Å². The van der Waals surface area contributed by atoms with Gasteiger partial charge in [0.1, 0.15) is 5.54 Å². The first-order valence-electron chi connectivity index (χ1n) is 14.2. The number of piperidine rings is 1. The zero-order valence-electron chi connectivity index (χ0n) is 23.0. The molecule has 2 heterocycles. The highest BCUT2D eigenvalue weighted by atomic mass is 32.2. The van der Waals surface area contributed by atoms with Crippen LogP contribution in [0.25, 0.3) is 0 Å². The number of carbonyl (C=O) groups excluding carboxylic acids is 2. The number of benzene rings is 2. The van der Waals surface area contributed by atoms with E-state index in [1.54, 1.807) is 31.2 Å². The zero-order chi connectivity index (χ0) is 27.6. The number of sulfonamides is 1. The Morgan fingerprint density at radius 1 is 1.05 bits per heavy atom. The first kappa shape index (κ1) is 27.8. The Morgan fingerprint density at radius 2 is 1.79 bits per heavy atom. The van der Waals surface area contributed by atoms with Gasteiger partial charge in [0.05, 0.1) is 17.4 Å². The predicted octanol–water partition coefficient (Wildman–Crippen LogP) is 3.44. The van der Waals surface area contributed by atoms with Gasteiger partial charge in [0.2, 0.25) is 21.8 Å². The van der Waals surface area contributed by atoms with Crippen molar-refractivity contribution in [1.82, 2.24) is 19.8 Å². The monoisotopic (exact) mass is 552 g/mol. The van der Waals surface area contributed by atoms with Gasteiger partial charge in [-0.25, -0.2) is 8.42 Å². The highest BCUT2D eigenvalue weighted by Crippen LogP contribution is 2.33. The minimum atomic E-state index is -3.98. The second-order valence-electron chi connectivity index (χ2n) is 11.5. The number of nitrogens with zero attached hydrogens (tertiary/aromatic N) is 2. The summed E-state index contributed by atoms with van der Waals surface area (Å²) in [5, 5.41) is 5.91. The minimum Gasteiger partial charge on any atom is -0.353 e. The van der Waals surface area contributed by atoms with E-state index in [1.165, 1.54) is 34.7 Å². The summed E-state index contributed by atoms with van der Waals surface area (Å²) in [4.78, 5) is 29.1. The Labute approximate surface area is 232 Å². The maximum absolute atomic E-state index is 13.6. The molecule has 2 fully saturated rings. The van der Waals surface area contributed by atoms with Crippen molar-refractivity contribution >= 4 is 21.8 Å². The zero-order valence-corrected chi connectivity index (χ0v) is 23.9. The number of amides is 2. The third-order valence-electron chi connectivity index (χ3n) is 8.47. The molecule has 2 atom stereocenters. The lowest BCUT2D eigenvalue weighted by molar-refractivity contribution is -0.137. The number of carbonyl (C=O) groups is 2. The van der Waals surface area contributed by atoms with Crippen molar-refractivity contribution in [1.29, 1.82) is 0 Å². The molecule has 39 heavy (non-hydrogen) atoms. The first-order chi connectivity index (χ1) is 18.7. The molecule has 2 aliphatic heterocycles. The number of hydrogen-bond donors (Lipinski definition) is 2. The molecule has 8 nitrogen and oxygen atoms in total. The molecule has 2 amide bonds. The van der Waals surface area contributed by atoms with E-state index in [0.29, 0.717) is 0 Å². The van der Waals surface area contributed by atoms with Crippen LogP contribution in [-0.2, 0) is 32.6 Å². The number of rotatable bonds is 7. The molecule has 0 bridgehead atoms. The van der Waals surface area contributed by atoms with Gasteiger partial charge >= 0.3 is 0 Å². The summed E-state index contributed by atoms with van der Waals surface area (Å²) in [5.41, 5.74) is 3.12. The van der Waals surface area contributed by atoms with Gasteiger partial charge in [-0.05, 0) is 87.9 Å². The molecule has 0 aromatic heterocycles. The summed E-state index contributed by atoms with van der Waals surface area (Å²) < 4.78 is 28.4. The first-order valence-corrected chi connectivity index (χ1v) is 15.6. The third kappa shape index (κ3) is 5.90. The third-order valence-corrected chi connectivity index (χ3v) is 10.5. The van der Waals surface area contributed by atoms with E-state index in [0.717, 1.165) is 50.0 Å². The molecule has 1 aliphatic carbocycles. The molecule has 0 radical (unpaired) electrons. The van der Waals surface area contributed by atoms with Crippen molar-refractivity contribution in [3.8, 4) is 0 Å². The molecule has 2 aromatic rings. The molecule has 2 N–H and O–H groups in total. The van der Waals surface area contributed by atoms with E-state index in [2.05, 4.69) is 33.7 Å². The van der Waals surface area contributed by atoms with Crippen molar-refractivity contribution in [2.45, 2.75) is 81.8 Å². The smallest absolute Gasteiger partial charge is 0.244 e. The maximum atomic E-state index is 13.6. The summed E-state index contributed by atoms with van der Waals surface area (Å²) in [6, 6.07) is 13.0. The minimum absolute atomic E-state index is 0.109. The Kier molecular flexibility index (Phi) is 8.12. The van der Waals surface area contributed by atoms with E-state index in [1.807, 2.05) is 6.92 Å². The second kappa shape index (κ2) is 11.4. The lowest BCUT2D eigenvalue weighted by Gasteiger charge is -2.42. The normalized spacial score (nSPS) is 24.6. The van der Waals surface area contributed by atoms with Crippen LogP contribution >= 0.6 is 0 Å². The van der Waals surface area contributed by atoms with Gasteiger partial charge in [-0.3, -0.25) is 14.5 Å². The number of nitrogens with one attached hydrogen (secondary N) is 2. The molecular weight excluding hydrogens is 512 g/mol. The Bertz CT molecular complexity index is 1320. The summed E-state index contributed by atoms with van der Waals surface area (Å²) in [6.45, 7) is 7.02. The standard InChI is InChI=1S/C30H40N4O4S/c1-22-9-12-25(13-10-22)39(37,38)34-18-15-31-29(36)30(34,2)20-28(35)32-27-8-6-7-24-19-23(11-14-26(24)27)21-33-16-4-3-5-17-33/h9-14,19,27H,3-8,15-18,20-21H2,1-2H3,(H,31,36)(H,32,35)/t27-,30?/m1/s1. The quantitative estimate of drug-likeness (QED) is 0.548. The van der Waals surface area contributed by atoms with Gasteiger partial charge in [0.15, 0.2) is 0 Å². The van der Waals surface area contributed by atoms with Crippen LogP contribution < -0.4 is 10.6 Å². The molecule has 2 aromatic carbocycles. The van der Waals surface area contributed by atoms with Crippen LogP contribution in [0.3, 0.4) is 0 Å². The van der Waals surface area contributed by atoms with Crippen molar-refractivity contribution < 1.29 is 18.0 Å².